The molecule has 1 amide bonds. The lowest BCUT2D eigenvalue weighted by Crippen LogP contribution is -2.28. The van der Waals surface area contributed by atoms with E-state index in [0.717, 1.165) is 11.5 Å². The second kappa shape index (κ2) is 7.06. The third-order valence-electron chi connectivity index (χ3n) is 2.41. The van der Waals surface area contributed by atoms with Crippen LogP contribution in [0.1, 0.15) is 6.92 Å². The molecule has 0 aliphatic rings. The number of amides is 1. The van der Waals surface area contributed by atoms with Gasteiger partial charge in [0.2, 0.25) is 5.91 Å². The molecule has 0 aromatic heterocycles. The molecule has 0 saturated carbocycles. The Hall–Kier alpha value is -1.66. The zero-order valence-corrected chi connectivity index (χ0v) is 11.4. The SMILES string of the molecule is CC(CO)CNC(=O)C=CS(=O)(=O)c1ccccc1. The van der Waals surface area contributed by atoms with Gasteiger partial charge in [-0.2, -0.15) is 0 Å². The van der Waals surface area contributed by atoms with Crippen LogP contribution >= 0.6 is 0 Å². The molecule has 19 heavy (non-hydrogen) atoms. The Morgan fingerprint density at radius 1 is 1.37 bits per heavy atom. The minimum Gasteiger partial charge on any atom is -0.396 e. The van der Waals surface area contributed by atoms with Gasteiger partial charge in [0.25, 0.3) is 0 Å². The first kappa shape index (κ1) is 15.4. The summed E-state index contributed by atoms with van der Waals surface area (Å²) in [5, 5.41) is 12.2. The average molecular weight is 283 g/mol. The van der Waals surface area contributed by atoms with E-state index in [-0.39, 0.29) is 17.4 Å². The van der Waals surface area contributed by atoms with Crippen LogP contribution in [-0.4, -0.2) is 32.6 Å². The summed E-state index contributed by atoms with van der Waals surface area (Å²) < 4.78 is 23.6. The van der Waals surface area contributed by atoms with Crippen LogP contribution in [0.15, 0.2) is 46.7 Å². The molecule has 5 nitrogen and oxygen atoms in total. The van der Waals surface area contributed by atoms with E-state index >= 15 is 0 Å². The van der Waals surface area contributed by atoms with Gasteiger partial charge in [-0.3, -0.25) is 4.79 Å². The summed E-state index contributed by atoms with van der Waals surface area (Å²) >= 11 is 0. The topological polar surface area (TPSA) is 83.5 Å². The number of carbonyl (C=O) groups excluding carboxylic acids is 1. The number of rotatable bonds is 6. The highest BCUT2D eigenvalue weighted by molar-refractivity contribution is 7.94. The number of nitrogens with one attached hydrogen (secondary N) is 1. The van der Waals surface area contributed by atoms with Gasteiger partial charge in [-0.1, -0.05) is 25.1 Å². The molecule has 1 aromatic carbocycles. The van der Waals surface area contributed by atoms with E-state index in [0.29, 0.717) is 6.54 Å². The van der Waals surface area contributed by atoms with Crippen molar-refractivity contribution in [3.8, 4) is 0 Å². The van der Waals surface area contributed by atoms with E-state index in [1.807, 2.05) is 0 Å². The summed E-state index contributed by atoms with van der Waals surface area (Å²) in [5.74, 6) is -0.567. The van der Waals surface area contributed by atoms with Gasteiger partial charge in [0.1, 0.15) is 0 Å². The molecular weight excluding hydrogens is 266 g/mol. The molecule has 2 N–H and O–H groups in total. The van der Waals surface area contributed by atoms with E-state index < -0.39 is 15.7 Å². The van der Waals surface area contributed by atoms with Crippen LogP contribution < -0.4 is 5.32 Å². The highest BCUT2D eigenvalue weighted by Crippen LogP contribution is 2.10. The smallest absolute Gasteiger partial charge is 0.244 e. The van der Waals surface area contributed by atoms with Crippen LogP contribution in [0.25, 0.3) is 0 Å². The van der Waals surface area contributed by atoms with Gasteiger partial charge in [-0.05, 0) is 18.1 Å². The summed E-state index contributed by atoms with van der Waals surface area (Å²) in [6, 6.07) is 7.87. The number of aliphatic hydroxyl groups excluding tert-OH is 1. The fourth-order valence-electron chi connectivity index (χ4n) is 1.24. The Balaban J connectivity index is 2.63. The average Bonchev–Trinajstić information content (AvgIpc) is 2.43. The lowest BCUT2D eigenvalue weighted by Gasteiger charge is -2.07. The molecule has 1 rings (SSSR count). The minimum absolute atomic E-state index is 0.0354. The predicted octanol–water partition coefficient (Wildman–Crippen LogP) is 0.719. The molecule has 0 aliphatic carbocycles. The quantitative estimate of drug-likeness (QED) is 0.753. The summed E-state index contributed by atoms with van der Waals surface area (Å²) in [5.41, 5.74) is 0. The van der Waals surface area contributed by atoms with E-state index in [9.17, 15) is 13.2 Å². The molecule has 1 unspecified atom stereocenters. The highest BCUT2D eigenvalue weighted by Gasteiger charge is 2.10. The van der Waals surface area contributed by atoms with E-state index in [1.165, 1.54) is 12.1 Å². The van der Waals surface area contributed by atoms with Crippen molar-refractivity contribution in [3.63, 3.8) is 0 Å². The molecule has 0 radical (unpaired) electrons. The third-order valence-corrected chi connectivity index (χ3v) is 3.83. The number of hydrogen-bond acceptors (Lipinski definition) is 4. The first-order valence-corrected chi connectivity index (χ1v) is 7.37. The fraction of sp³-hybridized carbons (Fsp3) is 0.308. The van der Waals surface area contributed by atoms with Gasteiger partial charge < -0.3 is 10.4 Å². The molecule has 6 heteroatoms. The number of sulfone groups is 1. The Kier molecular flexibility index (Phi) is 5.72. The van der Waals surface area contributed by atoms with Crippen LogP contribution in [0.4, 0.5) is 0 Å². The standard InChI is InChI=1S/C13H17NO4S/c1-11(10-15)9-14-13(16)7-8-19(17,18)12-5-3-2-4-6-12/h2-8,11,15H,9-10H2,1H3,(H,14,16). The van der Waals surface area contributed by atoms with Gasteiger partial charge in [0.15, 0.2) is 9.84 Å². The number of hydrogen-bond donors (Lipinski definition) is 2. The van der Waals surface area contributed by atoms with E-state index in [4.69, 9.17) is 5.11 Å². The molecule has 0 heterocycles. The maximum Gasteiger partial charge on any atom is 0.244 e. The van der Waals surface area contributed by atoms with Crippen LogP contribution in [0, 0.1) is 5.92 Å². The van der Waals surface area contributed by atoms with Gasteiger partial charge in [-0.15, -0.1) is 0 Å². The zero-order valence-electron chi connectivity index (χ0n) is 10.6. The summed E-state index contributed by atoms with van der Waals surface area (Å²) in [7, 11) is -3.59. The second-order valence-corrected chi connectivity index (χ2v) is 6.03. The fourth-order valence-corrected chi connectivity index (χ4v) is 2.23. The van der Waals surface area contributed by atoms with Crippen molar-refractivity contribution < 1.29 is 18.3 Å². The maximum atomic E-state index is 11.8. The van der Waals surface area contributed by atoms with Crippen LogP contribution in [-0.2, 0) is 14.6 Å². The molecule has 104 valence electrons. The molecule has 1 aromatic rings. The second-order valence-electron chi connectivity index (χ2n) is 4.19. The Labute approximate surface area is 112 Å². The lowest BCUT2D eigenvalue weighted by molar-refractivity contribution is -0.116. The monoisotopic (exact) mass is 283 g/mol. The van der Waals surface area contributed by atoms with Gasteiger partial charge in [0, 0.05) is 24.6 Å². The largest absolute Gasteiger partial charge is 0.396 e. The number of benzene rings is 1. The van der Waals surface area contributed by atoms with Crippen molar-refractivity contribution in [2.75, 3.05) is 13.2 Å². The van der Waals surface area contributed by atoms with Crippen molar-refractivity contribution in [2.24, 2.45) is 5.92 Å². The van der Waals surface area contributed by atoms with E-state index in [2.05, 4.69) is 5.32 Å². The van der Waals surface area contributed by atoms with Gasteiger partial charge in [-0.25, -0.2) is 8.42 Å². The normalized spacial score (nSPS) is 13.4. The van der Waals surface area contributed by atoms with Crippen molar-refractivity contribution in [3.05, 3.63) is 41.8 Å². The van der Waals surface area contributed by atoms with Crippen LogP contribution in [0.3, 0.4) is 0 Å². The van der Waals surface area contributed by atoms with Gasteiger partial charge in [0.05, 0.1) is 4.90 Å². The Morgan fingerprint density at radius 3 is 2.58 bits per heavy atom. The zero-order chi connectivity index (χ0) is 14.3. The summed E-state index contributed by atoms with van der Waals surface area (Å²) in [6.45, 7) is 2.03. The molecule has 0 spiro atoms. The highest BCUT2D eigenvalue weighted by atomic mass is 32.2. The van der Waals surface area contributed by atoms with Crippen molar-refractivity contribution in [2.45, 2.75) is 11.8 Å². The van der Waals surface area contributed by atoms with Crippen molar-refractivity contribution in [1.82, 2.24) is 5.32 Å². The maximum absolute atomic E-state index is 11.8. The van der Waals surface area contributed by atoms with Crippen molar-refractivity contribution in [1.29, 1.82) is 0 Å². The first-order valence-electron chi connectivity index (χ1n) is 5.82. The molecule has 0 saturated heterocycles. The Morgan fingerprint density at radius 2 is 2.00 bits per heavy atom. The summed E-state index contributed by atoms with van der Waals surface area (Å²) in [4.78, 5) is 11.5. The molecule has 0 fully saturated rings. The minimum atomic E-state index is -3.59. The van der Waals surface area contributed by atoms with Crippen LogP contribution in [0.2, 0.25) is 0 Å². The summed E-state index contributed by atoms with van der Waals surface area (Å²) in [6.07, 6.45) is 0.979. The first-order chi connectivity index (χ1) is 8.95. The molecule has 0 aliphatic heterocycles. The number of carbonyl (C=O) groups is 1. The van der Waals surface area contributed by atoms with Gasteiger partial charge >= 0.3 is 0 Å². The van der Waals surface area contributed by atoms with Crippen molar-refractivity contribution >= 4 is 15.7 Å². The van der Waals surface area contributed by atoms with E-state index in [1.54, 1.807) is 25.1 Å². The molecule has 1 atom stereocenters. The van der Waals surface area contributed by atoms with Crippen LogP contribution in [0.5, 0.6) is 0 Å². The molecular formula is C13H17NO4S. The lowest BCUT2D eigenvalue weighted by atomic mass is 10.2. The molecule has 0 bridgehead atoms. The third kappa shape index (κ3) is 5.23. The number of aliphatic hydroxyl groups is 1. The predicted molar refractivity (Wildman–Crippen MR) is 72.0 cm³/mol. The Bertz CT molecular complexity index is 537.